The average Bonchev–Trinajstić information content (AvgIpc) is 2.91. The second-order valence-electron chi connectivity index (χ2n) is 5.68. The fourth-order valence-corrected chi connectivity index (χ4v) is 4.78. The molecule has 1 unspecified atom stereocenters. The lowest BCUT2D eigenvalue weighted by molar-refractivity contribution is 0.563. The van der Waals surface area contributed by atoms with Crippen molar-refractivity contribution in [1.82, 2.24) is 10.0 Å². The summed E-state index contributed by atoms with van der Waals surface area (Å²) < 4.78 is 27.3. The SMILES string of the molecule is CC(C)NCCc1ccc(S(=O)(=O)NC2CCSC2)cc1. The van der Waals surface area contributed by atoms with Gasteiger partial charge in [-0.05, 0) is 42.8 Å². The highest BCUT2D eigenvalue weighted by Crippen LogP contribution is 2.19. The molecule has 1 aliphatic heterocycles. The fourth-order valence-electron chi connectivity index (χ4n) is 2.26. The van der Waals surface area contributed by atoms with Crippen LogP contribution in [0.4, 0.5) is 0 Å². The summed E-state index contributed by atoms with van der Waals surface area (Å²) in [4.78, 5) is 0.361. The topological polar surface area (TPSA) is 58.2 Å². The number of hydrogen-bond donors (Lipinski definition) is 2. The maximum Gasteiger partial charge on any atom is 0.240 e. The van der Waals surface area contributed by atoms with Crippen LogP contribution in [0.25, 0.3) is 0 Å². The first kappa shape index (κ1) is 16.8. The smallest absolute Gasteiger partial charge is 0.240 e. The minimum Gasteiger partial charge on any atom is -0.314 e. The van der Waals surface area contributed by atoms with Crippen LogP contribution in [0.5, 0.6) is 0 Å². The van der Waals surface area contributed by atoms with Crippen molar-refractivity contribution in [3.8, 4) is 0 Å². The van der Waals surface area contributed by atoms with Gasteiger partial charge in [0.25, 0.3) is 0 Å². The lowest BCUT2D eigenvalue weighted by Crippen LogP contribution is -2.34. The number of benzene rings is 1. The molecule has 0 aromatic heterocycles. The van der Waals surface area contributed by atoms with E-state index < -0.39 is 10.0 Å². The Bertz CT molecular complexity index is 535. The molecule has 0 aliphatic carbocycles. The largest absolute Gasteiger partial charge is 0.314 e. The molecule has 1 atom stereocenters. The maximum atomic E-state index is 12.3. The number of hydrogen-bond acceptors (Lipinski definition) is 4. The van der Waals surface area contributed by atoms with E-state index in [-0.39, 0.29) is 6.04 Å². The Morgan fingerprint density at radius 1 is 1.29 bits per heavy atom. The Morgan fingerprint density at radius 2 is 2.00 bits per heavy atom. The van der Waals surface area contributed by atoms with Crippen molar-refractivity contribution in [3.63, 3.8) is 0 Å². The van der Waals surface area contributed by atoms with Crippen molar-refractivity contribution in [2.75, 3.05) is 18.1 Å². The van der Waals surface area contributed by atoms with Gasteiger partial charge < -0.3 is 5.32 Å². The van der Waals surface area contributed by atoms with Gasteiger partial charge in [0.05, 0.1) is 4.90 Å². The molecule has 4 nitrogen and oxygen atoms in total. The first-order valence-electron chi connectivity index (χ1n) is 7.40. The van der Waals surface area contributed by atoms with E-state index in [0.717, 1.165) is 36.5 Å². The zero-order valence-corrected chi connectivity index (χ0v) is 14.3. The van der Waals surface area contributed by atoms with E-state index in [1.807, 2.05) is 12.1 Å². The van der Waals surface area contributed by atoms with Gasteiger partial charge in [0.1, 0.15) is 0 Å². The predicted molar refractivity (Wildman–Crippen MR) is 89.3 cm³/mol. The third-order valence-corrected chi connectivity index (χ3v) is 6.15. The van der Waals surface area contributed by atoms with Crippen molar-refractivity contribution in [2.24, 2.45) is 0 Å². The van der Waals surface area contributed by atoms with Crippen LogP contribution in [0.15, 0.2) is 29.2 Å². The molecule has 1 fully saturated rings. The molecule has 1 aliphatic rings. The molecule has 1 heterocycles. The first-order chi connectivity index (χ1) is 9.97. The molecule has 1 saturated heterocycles. The molecule has 0 radical (unpaired) electrons. The normalized spacial score (nSPS) is 19.3. The highest BCUT2D eigenvalue weighted by molar-refractivity contribution is 7.99. The molecule has 1 aromatic carbocycles. The maximum absolute atomic E-state index is 12.3. The van der Waals surface area contributed by atoms with Crippen LogP contribution in [-0.4, -0.2) is 38.6 Å². The van der Waals surface area contributed by atoms with Gasteiger partial charge in [-0.1, -0.05) is 26.0 Å². The van der Waals surface area contributed by atoms with Crippen LogP contribution in [0, 0.1) is 0 Å². The van der Waals surface area contributed by atoms with Crippen molar-refractivity contribution in [2.45, 2.75) is 43.7 Å². The van der Waals surface area contributed by atoms with Crippen molar-refractivity contribution in [1.29, 1.82) is 0 Å². The molecule has 2 rings (SSSR count). The van der Waals surface area contributed by atoms with Crippen LogP contribution in [0.1, 0.15) is 25.8 Å². The number of thioether (sulfide) groups is 1. The second-order valence-corrected chi connectivity index (χ2v) is 8.55. The Balaban J connectivity index is 1.93. The zero-order chi connectivity index (χ0) is 15.3. The summed E-state index contributed by atoms with van der Waals surface area (Å²) in [6.07, 6.45) is 1.83. The molecular formula is C15H24N2O2S2. The van der Waals surface area contributed by atoms with Crippen LogP contribution >= 0.6 is 11.8 Å². The molecular weight excluding hydrogens is 304 g/mol. The van der Waals surface area contributed by atoms with E-state index in [0.29, 0.717) is 10.9 Å². The summed E-state index contributed by atoms with van der Waals surface area (Å²) in [5.41, 5.74) is 1.15. The van der Waals surface area contributed by atoms with Gasteiger partial charge in [0.15, 0.2) is 0 Å². The van der Waals surface area contributed by atoms with Crippen LogP contribution in [0.2, 0.25) is 0 Å². The lowest BCUT2D eigenvalue weighted by atomic mass is 10.1. The van der Waals surface area contributed by atoms with Gasteiger partial charge in [-0.25, -0.2) is 13.1 Å². The minimum atomic E-state index is -3.37. The van der Waals surface area contributed by atoms with Crippen molar-refractivity contribution >= 4 is 21.8 Å². The lowest BCUT2D eigenvalue weighted by Gasteiger charge is -2.12. The highest BCUT2D eigenvalue weighted by atomic mass is 32.2. The fraction of sp³-hybridized carbons (Fsp3) is 0.600. The van der Waals surface area contributed by atoms with Gasteiger partial charge in [0, 0.05) is 17.8 Å². The third-order valence-electron chi connectivity index (χ3n) is 3.45. The zero-order valence-electron chi connectivity index (χ0n) is 12.6. The minimum absolute atomic E-state index is 0.0786. The predicted octanol–water partition coefficient (Wildman–Crippen LogP) is 2.01. The summed E-state index contributed by atoms with van der Waals surface area (Å²) in [7, 11) is -3.37. The van der Waals surface area contributed by atoms with Gasteiger partial charge in [-0.2, -0.15) is 11.8 Å². The molecule has 0 spiro atoms. The highest BCUT2D eigenvalue weighted by Gasteiger charge is 2.22. The van der Waals surface area contributed by atoms with Gasteiger partial charge >= 0.3 is 0 Å². The second kappa shape index (κ2) is 7.63. The standard InChI is InChI=1S/C15H24N2O2S2/c1-12(2)16-9-7-13-3-5-15(6-4-13)21(18,19)17-14-8-10-20-11-14/h3-6,12,14,16-17H,7-11H2,1-2H3. The molecule has 21 heavy (non-hydrogen) atoms. The number of sulfonamides is 1. The van der Waals surface area contributed by atoms with E-state index in [4.69, 9.17) is 0 Å². The van der Waals surface area contributed by atoms with Crippen molar-refractivity contribution < 1.29 is 8.42 Å². The van der Waals surface area contributed by atoms with E-state index >= 15 is 0 Å². The van der Waals surface area contributed by atoms with Gasteiger partial charge in [0.2, 0.25) is 10.0 Å². The number of rotatable bonds is 7. The molecule has 118 valence electrons. The molecule has 6 heteroatoms. The van der Waals surface area contributed by atoms with Gasteiger partial charge in [-0.15, -0.1) is 0 Å². The van der Waals surface area contributed by atoms with Crippen molar-refractivity contribution in [3.05, 3.63) is 29.8 Å². The van der Waals surface area contributed by atoms with E-state index in [1.165, 1.54) is 0 Å². The molecule has 0 bridgehead atoms. The first-order valence-corrected chi connectivity index (χ1v) is 10.0. The Labute approximate surface area is 132 Å². The molecule has 0 amide bonds. The summed E-state index contributed by atoms with van der Waals surface area (Å²) >= 11 is 1.80. The summed E-state index contributed by atoms with van der Waals surface area (Å²) in [5, 5.41) is 3.35. The Hall–Kier alpha value is -0.560. The van der Waals surface area contributed by atoms with Crippen LogP contribution < -0.4 is 10.0 Å². The molecule has 1 aromatic rings. The molecule has 0 saturated carbocycles. The van der Waals surface area contributed by atoms with Gasteiger partial charge in [-0.3, -0.25) is 0 Å². The van der Waals surface area contributed by atoms with E-state index in [1.54, 1.807) is 23.9 Å². The van der Waals surface area contributed by atoms with E-state index in [9.17, 15) is 8.42 Å². The van der Waals surface area contributed by atoms with Crippen LogP contribution in [-0.2, 0) is 16.4 Å². The average molecular weight is 329 g/mol. The Kier molecular flexibility index (Phi) is 6.10. The summed E-state index contributed by atoms with van der Waals surface area (Å²) in [5.74, 6) is 1.91. The summed E-state index contributed by atoms with van der Waals surface area (Å²) in [6.45, 7) is 5.13. The third kappa shape index (κ3) is 5.29. The van der Waals surface area contributed by atoms with E-state index in [2.05, 4.69) is 23.9 Å². The van der Waals surface area contributed by atoms with Crippen LogP contribution in [0.3, 0.4) is 0 Å². The summed E-state index contributed by atoms with van der Waals surface area (Å²) in [6, 6.07) is 7.76. The number of nitrogens with one attached hydrogen (secondary N) is 2. The molecule has 2 N–H and O–H groups in total. The monoisotopic (exact) mass is 328 g/mol. The quantitative estimate of drug-likeness (QED) is 0.804. The Morgan fingerprint density at radius 3 is 2.57 bits per heavy atom.